The summed E-state index contributed by atoms with van der Waals surface area (Å²) >= 11 is 0. The van der Waals surface area contributed by atoms with Crippen LogP contribution in [0.2, 0.25) is 0 Å². The predicted octanol–water partition coefficient (Wildman–Crippen LogP) is 2.34. The quantitative estimate of drug-likeness (QED) is 0.567. The normalized spacial score (nSPS) is 11.4. The highest BCUT2D eigenvalue weighted by atomic mass is 19.4. The van der Waals surface area contributed by atoms with E-state index in [9.17, 15) is 18.0 Å². The Morgan fingerprint density at radius 2 is 1.52 bits per heavy atom. The zero-order valence-corrected chi connectivity index (χ0v) is 13.5. The first-order valence-electron chi connectivity index (χ1n) is 7.23. The Kier molecular flexibility index (Phi) is 9.03. The molecule has 10 heteroatoms. The molecule has 0 saturated carbocycles. The molecule has 0 aromatic heterocycles. The van der Waals surface area contributed by atoms with Gasteiger partial charge in [-0.25, -0.2) is 4.79 Å². The van der Waals surface area contributed by atoms with Crippen molar-refractivity contribution in [3.63, 3.8) is 0 Å². The number of aromatic carboxylic acids is 1. The maximum atomic E-state index is 12.3. The summed E-state index contributed by atoms with van der Waals surface area (Å²) < 4.78 is 60.9. The van der Waals surface area contributed by atoms with E-state index in [0.717, 1.165) is 18.2 Å². The highest BCUT2D eigenvalue weighted by molar-refractivity contribution is 5.88. The number of carbonyl (C=O) groups is 1. The molecular weight excluding hydrogens is 349 g/mol. The van der Waals surface area contributed by atoms with Gasteiger partial charge in [0.15, 0.2) is 0 Å². The van der Waals surface area contributed by atoms with Crippen LogP contribution >= 0.6 is 0 Å². The monoisotopic (exact) mass is 368 g/mol. The molecule has 0 spiro atoms. The topological polar surface area (TPSA) is 83.5 Å². The van der Waals surface area contributed by atoms with Crippen molar-refractivity contribution < 1.29 is 46.8 Å². The number of hydrogen-bond donors (Lipinski definition) is 1. The Balaban J connectivity index is 2.42. The number of carboxylic acids is 1. The Morgan fingerprint density at radius 3 is 2.08 bits per heavy atom. The van der Waals surface area contributed by atoms with Gasteiger partial charge in [-0.3, -0.25) is 0 Å². The van der Waals surface area contributed by atoms with Gasteiger partial charge in [-0.05, 0) is 12.1 Å². The molecule has 0 radical (unpaired) electrons. The fourth-order valence-corrected chi connectivity index (χ4v) is 1.65. The van der Waals surface area contributed by atoms with Crippen LogP contribution in [0.15, 0.2) is 18.2 Å². The Hall–Kier alpha value is -2.04. The largest absolute Gasteiger partial charge is 0.573 e. The number of halogens is 3. The number of ether oxygens (including phenoxy) is 5. The van der Waals surface area contributed by atoms with Crippen LogP contribution in [0.3, 0.4) is 0 Å². The van der Waals surface area contributed by atoms with Gasteiger partial charge in [-0.1, -0.05) is 0 Å². The molecule has 0 aliphatic heterocycles. The smallest absolute Gasteiger partial charge is 0.491 e. The maximum absolute atomic E-state index is 12.3. The van der Waals surface area contributed by atoms with E-state index >= 15 is 0 Å². The predicted molar refractivity (Wildman–Crippen MR) is 79.1 cm³/mol. The summed E-state index contributed by atoms with van der Waals surface area (Å²) in [5.74, 6) is -2.14. The summed E-state index contributed by atoms with van der Waals surface area (Å²) in [4.78, 5) is 11.0. The molecule has 1 aromatic rings. The molecule has 0 atom stereocenters. The van der Waals surface area contributed by atoms with Gasteiger partial charge in [-0.2, -0.15) is 0 Å². The van der Waals surface area contributed by atoms with Gasteiger partial charge in [0.1, 0.15) is 18.1 Å². The van der Waals surface area contributed by atoms with E-state index in [1.165, 1.54) is 0 Å². The first-order chi connectivity index (χ1) is 11.8. The third-order valence-electron chi connectivity index (χ3n) is 2.66. The maximum Gasteiger partial charge on any atom is 0.573 e. The fourth-order valence-electron chi connectivity index (χ4n) is 1.65. The summed E-state index contributed by atoms with van der Waals surface area (Å²) in [7, 11) is 1.56. The van der Waals surface area contributed by atoms with Crippen molar-refractivity contribution in [2.75, 3.05) is 46.8 Å². The van der Waals surface area contributed by atoms with Gasteiger partial charge in [0.25, 0.3) is 0 Å². The van der Waals surface area contributed by atoms with Crippen LogP contribution in [0, 0.1) is 0 Å². The van der Waals surface area contributed by atoms with Gasteiger partial charge < -0.3 is 28.8 Å². The number of hydrogen-bond acceptors (Lipinski definition) is 6. The van der Waals surface area contributed by atoms with Crippen molar-refractivity contribution in [2.24, 2.45) is 0 Å². The molecule has 0 bridgehead atoms. The Labute approximate surface area is 142 Å². The van der Waals surface area contributed by atoms with E-state index in [2.05, 4.69) is 4.74 Å². The molecule has 0 saturated heterocycles. The second-order valence-corrected chi connectivity index (χ2v) is 4.61. The first kappa shape index (κ1) is 21.0. The molecule has 1 aromatic carbocycles. The third-order valence-corrected chi connectivity index (χ3v) is 2.66. The van der Waals surface area contributed by atoms with Crippen LogP contribution in [0.1, 0.15) is 10.4 Å². The summed E-state index contributed by atoms with van der Waals surface area (Å²) in [5.41, 5.74) is -0.385. The minimum absolute atomic E-state index is 0.0204. The first-order valence-corrected chi connectivity index (χ1v) is 7.23. The number of rotatable bonds is 12. The van der Waals surface area contributed by atoms with E-state index in [4.69, 9.17) is 24.1 Å². The van der Waals surface area contributed by atoms with E-state index in [-0.39, 0.29) is 24.5 Å². The lowest BCUT2D eigenvalue weighted by molar-refractivity contribution is -0.274. The zero-order chi connectivity index (χ0) is 18.7. The van der Waals surface area contributed by atoms with Crippen LogP contribution < -0.4 is 9.47 Å². The van der Waals surface area contributed by atoms with Gasteiger partial charge in [0, 0.05) is 13.2 Å². The lowest BCUT2D eigenvalue weighted by atomic mass is 10.2. The summed E-state index contributed by atoms with van der Waals surface area (Å²) in [6, 6.07) is 2.81. The molecule has 0 aliphatic rings. The highest BCUT2D eigenvalue weighted by Gasteiger charge is 2.31. The van der Waals surface area contributed by atoms with Crippen molar-refractivity contribution in [1.29, 1.82) is 0 Å². The molecule has 0 aliphatic carbocycles. The van der Waals surface area contributed by atoms with Gasteiger partial charge in [0.05, 0.1) is 38.6 Å². The Bertz CT molecular complexity index is 534. The van der Waals surface area contributed by atoms with Crippen LogP contribution in [0.5, 0.6) is 11.5 Å². The van der Waals surface area contributed by atoms with Crippen LogP contribution in [0.25, 0.3) is 0 Å². The molecular formula is C15H19F3O7. The molecule has 1 N–H and O–H groups in total. The molecule has 0 amide bonds. The summed E-state index contributed by atoms with van der Waals surface area (Å²) in [6.45, 7) is 1.77. The number of methoxy groups -OCH3 is 1. The minimum atomic E-state index is -4.93. The second kappa shape index (κ2) is 10.7. The minimum Gasteiger partial charge on any atom is -0.491 e. The zero-order valence-electron chi connectivity index (χ0n) is 13.5. The van der Waals surface area contributed by atoms with Gasteiger partial charge >= 0.3 is 12.3 Å². The fraction of sp³-hybridized carbons (Fsp3) is 0.533. The van der Waals surface area contributed by atoms with Crippen molar-refractivity contribution in [2.45, 2.75) is 6.36 Å². The molecule has 0 fully saturated rings. The molecule has 142 valence electrons. The average Bonchev–Trinajstić information content (AvgIpc) is 2.51. The molecule has 25 heavy (non-hydrogen) atoms. The van der Waals surface area contributed by atoms with E-state index in [0.29, 0.717) is 26.4 Å². The summed E-state index contributed by atoms with van der Waals surface area (Å²) in [5, 5.41) is 8.92. The molecule has 1 rings (SSSR count). The number of carboxylic acid groups (broad SMARTS) is 1. The van der Waals surface area contributed by atoms with Crippen LogP contribution in [0.4, 0.5) is 13.2 Å². The standard InChI is InChI=1S/C15H19F3O7/c1-21-2-3-22-4-5-23-6-7-24-12-8-11(14(19)20)9-13(10-12)25-15(16,17)18/h8-10H,2-7H2,1H3,(H,19,20). The second-order valence-electron chi connectivity index (χ2n) is 4.61. The van der Waals surface area contributed by atoms with E-state index in [1.54, 1.807) is 7.11 Å². The molecule has 0 unspecified atom stereocenters. The van der Waals surface area contributed by atoms with Crippen molar-refractivity contribution >= 4 is 5.97 Å². The van der Waals surface area contributed by atoms with Crippen LogP contribution in [-0.2, 0) is 14.2 Å². The lowest BCUT2D eigenvalue weighted by Gasteiger charge is -2.12. The summed E-state index contributed by atoms with van der Waals surface area (Å²) in [6.07, 6.45) is -4.93. The molecule has 7 nitrogen and oxygen atoms in total. The molecule has 0 heterocycles. The number of alkyl halides is 3. The highest BCUT2D eigenvalue weighted by Crippen LogP contribution is 2.28. The van der Waals surface area contributed by atoms with E-state index < -0.39 is 18.1 Å². The average molecular weight is 368 g/mol. The number of benzene rings is 1. The van der Waals surface area contributed by atoms with Crippen LogP contribution in [-0.4, -0.2) is 64.2 Å². The van der Waals surface area contributed by atoms with Crippen molar-refractivity contribution in [3.05, 3.63) is 23.8 Å². The van der Waals surface area contributed by atoms with E-state index in [1.807, 2.05) is 0 Å². The van der Waals surface area contributed by atoms with Crippen molar-refractivity contribution in [3.8, 4) is 11.5 Å². The lowest BCUT2D eigenvalue weighted by Crippen LogP contribution is -2.17. The van der Waals surface area contributed by atoms with Gasteiger partial charge in [-0.15, -0.1) is 13.2 Å². The van der Waals surface area contributed by atoms with Crippen molar-refractivity contribution in [1.82, 2.24) is 0 Å². The third kappa shape index (κ3) is 9.75. The van der Waals surface area contributed by atoms with Gasteiger partial charge in [0.2, 0.25) is 0 Å². The SMILES string of the molecule is COCCOCCOCCOc1cc(OC(F)(F)F)cc(C(=O)O)c1. The Morgan fingerprint density at radius 1 is 0.960 bits per heavy atom.